The summed E-state index contributed by atoms with van der Waals surface area (Å²) < 4.78 is 40.3. The van der Waals surface area contributed by atoms with Crippen LogP contribution in [0.3, 0.4) is 0 Å². The predicted octanol–water partition coefficient (Wildman–Crippen LogP) is 2.69. The molecule has 110 valence electrons. The van der Waals surface area contributed by atoms with Crippen LogP contribution in [0.1, 0.15) is 0 Å². The molecule has 0 saturated heterocycles. The molecule has 10 heteroatoms. The first-order valence-corrected chi connectivity index (χ1v) is 7.66. The molecular formula is C11H7BrFN3O4S. The van der Waals surface area contributed by atoms with Crippen molar-refractivity contribution >= 4 is 37.5 Å². The van der Waals surface area contributed by atoms with E-state index >= 15 is 0 Å². The van der Waals surface area contributed by atoms with Gasteiger partial charge in [0.25, 0.3) is 15.7 Å². The highest BCUT2D eigenvalue weighted by molar-refractivity contribution is 9.10. The molecule has 0 fully saturated rings. The fraction of sp³-hybridized carbons (Fsp3) is 0. The maximum absolute atomic E-state index is 13.7. The third-order valence-electron chi connectivity index (χ3n) is 2.37. The standard InChI is InChI=1S/C11H7BrFN3O4S/c12-10-2-1-3-11(14-10)15-21(19,20)9-5-4-7(16(17)18)6-8(9)13/h1-6H,(H,14,15). The molecule has 0 spiro atoms. The zero-order chi connectivity index (χ0) is 15.6. The highest BCUT2D eigenvalue weighted by Crippen LogP contribution is 2.22. The van der Waals surface area contributed by atoms with Gasteiger partial charge in [-0.3, -0.25) is 14.8 Å². The number of anilines is 1. The lowest BCUT2D eigenvalue weighted by Gasteiger charge is -2.08. The fourth-order valence-corrected chi connectivity index (χ4v) is 2.88. The van der Waals surface area contributed by atoms with Crippen LogP contribution in [0.5, 0.6) is 0 Å². The summed E-state index contributed by atoms with van der Waals surface area (Å²) in [5, 5.41) is 10.5. The van der Waals surface area contributed by atoms with Crippen LogP contribution in [0.2, 0.25) is 0 Å². The van der Waals surface area contributed by atoms with Crippen molar-refractivity contribution in [1.29, 1.82) is 0 Å². The van der Waals surface area contributed by atoms with Crippen LogP contribution in [-0.4, -0.2) is 18.3 Å². The lowest BCUT2D eigenvalue weighted by atomic mass is 10.3. The number of hydrogen-bond acceptors (Lipinski definition) is 5. The number of sulfonamides is 1. The molecule has 1 N–H and O–H groups in total. The van der Waals surface area contributed by atoms with E-state index in [1.807, 2.05) is 0 Å². The Balaban J connectivity index is 2.38. The highest BCUT2D eigenvalue weighted by Gasteiger charge is 2.22. The molecule has 1 heterocycles. The van der Waals surface area contributed by atoms with Crippen molar-refractivity contribution < 1.29 is 17.7 Å². The molecule has 0 bridgehead atoms. The molecule has 7 nitrogen and oxygen atoms in total. The first-order chi connectivity index (χ1) is 9.79. The van der Waals surface area contributed by atoms with E-state index in [0.717, 1.165) is 12.1 Å². The van der Waals surface area contributed by atoms with Gasteiger partial charge in [-0.1, -0.05) is 6.07 Å². The van der Waals surface area contributed by atoms with Crippen LogP contribution < -0.4 is 4.72 Å². The van der Waals surface area contributed by atoms with Gasteiger partial charge in [0.1, 0.15) is 15.3 Å². The molecular weight excluding hydrogens is 369 g/mol. The molecule has 0 radical (unpaired) electrons. The Morgan fingerprint density at radius 3 is 2.57 bits per heavy atom. The van der Waals surface area contributed by atoms with E-state index in [4.69, 9.17) is 0 Å². The number of rotatable bonds is 4. The van der Waals surface area contributed by atoms with Crippen LogP contribution in [0.4, 0.5) is 15.9 Å². The first-order valence-electron chi connectivity index (χ1n) is 5.39. The van der Waals surface area contributed by atoms with Crippen LogP contribution in [0.15, 0.2) is 45.9 Å². The lowest BCUT2D eigenvalue weighted by molar-refractivity contribution is -0.385. The van der Waals surface area contributed by atoms with Gasteiger partial charge in [0.15, 0.2) is 5.82 Å². The first kappa shape index (κ1) is 15.3. The number of nitrogens with zero attached hydrogens (tertiary/aromatic N) is 2. The average Bonchev–Trinajstić information content (AvgIpc) is 2.37. The molecule has 2 aromatic rings. The van der Waals surface area contributed by atoms with Gasteiger partial charge in [0.05, 0.1) is 11.0 Å². The second-order valence-corrected chi connectivity index (χ2v) is 6.29. The Labute approximate surface area is 127 Å². The molecule has 0 atom stereocenters. The summed E-state index contributed by atoms with van der Waals surface area (Å²) in [6.45, 7) is 0. The molecule has 0 aliphatic rings. The third kappa shape index (κ3) is 3.52. The van der Waals surface area contributed by atoms with E-state index < -0.39 is 31.3 Å². The molecule has 1 aromatic carbocycles. The van der Waals surface area contributed by atoms with Crippen molar-refractivity contribution in [2.24, 2.45) is 0 Å². The molecule has 0 aliphatic carbocycles. The Morgan fingerprint density at radius 1 is 1.29 bits per heavy atom. The largest absolute Gasteiger partial charge is 0.272 e. The van der Waals surface area contributed by atoms with Gasteiger partial charge in [-0.2, -0.15) is 0 Å². The second kappa shape index (κ2) is 5.74. The molecule has 21 heavy (non-hydrogen) atoms. The highest BCUT2D eigenvalue weighted by atomic mass is 79.9. The van der Waals surface area contributed by atoms with Crippen molar-refractivity contribution in [2.45, 2.75) is 4.90 Å². The average molecular weight is 376 g/mol. The van der Waals surface area contributed by atoms with Crippen LogP contribution in [-0.2, 0) is 10.0 Å². The number of benzene rings is 1. The summed E-state index contributed by atoms with van der Waals surface area (Å²) >= 11 is 3.07. The SMILES string of the molecule is O=[N+]([O-])c1ccc(S(=O)(=O)Nc2cccc(Br)n2)c(F)c1. The van der Waals surface area contributed by atoms with E-state index in [1.54, 1.807) is 12.1 Å². The molecule has 1 aromatic heterocycles. The number of nitrogens with one attached hydrogen (secondary N) is 1. The van der Waals surface area contributed by atoms with Crippen molar-refractivity contribution in [3.63, 3.8) is 0 Å². The monoisotopic (exact) mass is 375 g/mol. The normalized spacial score (nSPS) is 11.1. The Kier molecular flexibility index (Phi) is 4.19. The van der Waals surface area contributed by atoms with Crippen LogP contribution in [0.25, 0.3) is 0 Å². The summed E-state index contributed by atoms with van der Waals surface area (Å²) in [5.74, 6) is -1.23. The van der Waals surface area contributed by atoms with Crippen molar-refractivity contribution in [2.75, 3.05) is 4.72 Å². The summed E-state index contributed by atoms with van der Waals surface area (Å²) in [6.07, 6.45) is 0. The maximum Gasteiger partial charge on any atom is 0.272 e. The van der Waals surface area contributed by atoms with E-state index in [2.05, 4.69) is 25.6 Å². The minimum Gasteiger partial charge on any atom is -0.263 e. The predicted molar refractivity (Wildman–Crippen MR) is 75.8 cm³/mol. The molecule has 0 amide bonds. The van der Waals surface area contributed by atoms with Gasteiger partial charge >= 0.3 is 0 Å². The number of non-ortho nitro benzene ring substituents is 1. The number of hydrogen-bond donors (Lipinski definition) is 1. The number of aromatic nitrogens is 1. The number of halogens is 2. The summed E-state index contributed by atoms with van der Waals surface area (Å²) in [6, 6.07) is 6.79. The van der Waals surface area contributed by atoms with Gasteiger partial charge in [0.2, 0.25) is 0 Å². The van der Waals surface area contributed by atoms with E-state index in [9.17, 15) is 22.9 Å². The lowest BCUT2D eigenvalue weighted by Crippen LogP contribution is -2.15. The number of nitro benzene ring substituents is 1. The quantitative estimate of drug-likeness (QED) is 0.502. The van der Waals surface area contributed by atoms with Gasteiger partial charge in [-0.05, 0) is 34.1 Å². The Morgan fingerprint density at radius 2 is 2.00 bits per heavy atom. The van der Waals surface area contributed by atoms with Gasteiger partial charge in [-0.25, -0.2) is 17.8 Å². The second-order valence-electron chi connectivity index (χ2n) is 3.82. The van der Waals surface area contributed by atoms with Crippen molar-refractivity contribution in [3.05, 3.63) is 56.9 Å². The smallest absolute Gasteiger partial charge is 0.263 e. The zero-order valence-corrected chi connectivity index (χ0v) is 12.6. The molecule has 0 aliphatic heterocycles. The molecule has 2 rings (SSSR count). The summed E-state index contributed by atoms with van der Waals surface area (Å²) in [5.41, 5.74) is -0.535. The topological polar surface area (TPSA) is 102 Å². The fourth-order valence-electron chi connectivity index (χ4n) is 1.48. The Hall–Kier alpha value is -2.07. The van der Waals surface area contributed by atoms with Crippen molar-refractivity contribution in [3.8, 4) is 0 Å². The van der Waals surface area contributed by atoms with Gasteiger partial charge < -0.3 is 0 Å². The Bertz CT molecular complexity index is 813. The molecule has 0 unspecified atom stereocenters. The van der Waals surface area contributed by atoms with Crippen LogP contribution >= 0.6 is 15.9 Å². The maximum atomic E-state index is 13.7. The third-order valence-corrected chi connectivity index (χ3v) is 4.20. The minimum atomic E-state index is -4.23. The number of pyridine rings is 1. The summed E-state index contributed by atoms with van der Waals surface area (Å²) in [4.78, 5) is 12.8. The van der Waals surface area contributed by atoms with Crippen LogP contribution in [0, 0.1) is 15.9 Å². The minimum absolute atomic E-state index is 0.0119. The van der Waals surface area contributed by atoms with E-state index in [-0.39, 0.29) is 5.82 Å². The zero-order valence-electron chi connectivity index (χ0n) is 10.2. The van der Waals surface area contributed by atoms with Crippen molar-refractivity contribution in [1.82, 2.24) is 4.98 Å². The number of nitro groups is 1. The van der Waals surface area contributed by atoms with E-state index in [1.165, 1.54) is 6.07 Å². The summed E-state index contributed by atoms with van der Waals surface area (Å²) in [7, 11) is -4.23. The van der Waals surface area contributed by atoms with E-state index in [0.29, 0.717) is 10.7 Å². The molecule has 0 saturated carbocycles. The van der Waals surface area contributed by atoms with Gasteiger partial charge in [0, 0.05) is 6.07 Å². The van der Waals surface area contributed by atoms with Gasteiger partial charge in [-0.15, -0.1) is 0 Å².